The Bertz CT molecular complexity index is 1220. The lowest BCUT2D eigenvalue weighted by molar-refractivity contribution is 0.0906. The summed E-state index contributed by atoms with van der Waals surface area (Å²) in [6.07, 6.45) is 0.387. The second kappa shape index (κ2) is 9.67. The highest BCUT2D eigenvalue weighted by Crippen LogP contribution is 2.37. The Morgan fingerprint density at radius 1 is 1.27 bits per heavy atom. The Labute approximate surface area is 194 Å². The van der Waals surface area contributed by atoms with Crippen LogP contribution < -0.4 is 4.74 Å². The molecule has 2 aromatic carbocycles. The van der Waals surface area contributed by atoms with Gasteiger partial charge in [0.1, 0.15) is 22.6 Å². The fraction of sp³-hybridized carbons (Fsp3) is 0.455. The van der Waals surface area contributed by atoms with E-state index in [2.05, 4.69) is 0 Å². The third kappa shape index (κ3) is 5.38. The minimum atomic E-state index is -4.05. The summed E-state index contributed by atoms with van der Waals surface area (Å²) in [6.45, 7) is 2.99. The first kappa shape index (κ1) is 25.6. The molecule has 0 amide bonds. The van der Waals surface area contributed by atoms with Crippen LogP contribution in [-0.2, 0) is 20.0 Å². The molecule has 11 heteroatoms. The Balaban J connectivity index is 2.17. The van der Waals surface area contributed by atoms with Crippen molar-refractivity contribution in [1.82, 2.24) is 8.61 Å². The molecule has 3 rings (SSSR count). The van der Waals surface area contributed by atoms with Gasteiger partial charge in [0.25, 0.3) is 0 Å². The van der Waals surface area contributed by atoms with Crippen LogP contribution in [0.2, 0.25) is 0 Å². The number of hydrogen-bond acceptors (Lipinski definition) is 6. The number of fused-ring (bicyclic) bond motifs is 1. The van der Waals surface area contributed by atoms with Gasteiger partial charge in [0.05, 0.1) is 19.4 Å². The number of aliphatic hydroxyl groups excluding tert-OH is 1. The van der Waals surface area contributed by atoms with Gasteiger partial charge in [-0.05, 0) is 30.7 Å². The van der Waals surface area contributed by atoms with Gasteiger partial charge >= 0.3 is 0 Å². The van der Waals surface area contributed by atoms with E-state index in [-0.39, 0.29) is 35.9 Å². The number of likely N-dealkylation sites (N-methyl/N-ethyl adjacent to an activating group) is 1. The zero-order valence-corrected chi connectivity index (χ0v) is 20.6. The molecule has 1 aliphatic rings. The van der Waals surface area contributed by atoms with E-state index in [0.29, 0.717) is 5.56 Å². The number of sulfonamides is 2. The van der Waals surface area contributed by atoms with E-state index in [1.807, 2.05) is 0 Å². The Morgan fingerprint density at radius 3 is 2.55 bits per heavy atom. The van der Waals surface area contributed by atoms with E-state index in [1.54, 1.807) is 32.0 Å². The van der Waals surface area contributed by atoms with Gasteiger partial charge in [-0.25, -0.2) is 25.5 Å². The zero-order valence-electron chi connectivity index (χ0n) is 19.0. The highest BCUT2D eigenvalue weighted by Gasteiger charge is 2.38. The largest absolute Gasteiger partial charge is 0.487 e. The van der Waals surface area contributed by atoms with Crippen LogP contribution in [0.25, 0.3) is 11.1 Å². The van der Waals surface area contributed by atoms with E-state index in [9.17, 15) is 26.3 Å². The molecule has 1 heterocycles. The van der Waals surface area contributed by atoms with Crippen molar-refractivity contribution >= 4 is 20.0 Å². The third-order valence-corrected chi connectivity index (χ3v) is 9.16. The van der Waals surface area contributed by atoms with Gasteiger partial charge in [0.2, 0.25) is 20.0 Å². The van der Waals surface area contributed by atoms with Crippen LogP contribution in [0.5, 0.6) is 5.75 Å². The molecular weight excluding hydrogens is 471 g/mol. The Morgan fingerprint density at radius 2 is 1.94 bits per heavy atom. The normalized spacial score (nSPS) is 22.2. The molecule has 0 saturated heterocycles. The van der Waals surface area contributed by atoms with Crippen molar-refractivity contribution in [2.45, 2.75) is 30.9 Å². The van der Waals surface area contributed by atoms with Crippen molar-refractivity contribution in [1.29, 1.82) is 0 Å². The molecule has 0 bridgehead atoms. The summed E-state index contributed by atoms with van der Waals surface area (Å²) in [4.78, 5) is -0.123. The second-order valence-electron chi connectivity index (χ2n) is 8.42. The summed E-state index contributed by atoms with van der Waals surface area (Å²) in [7, 11) is -6.14. The van der Waals surface area contributed by atoms with Crippen molar-refractivity contribution in [3.63, 3.8) is 0 Å². The van der Waals surface area contributed by atoms with Crippen LogP contribution >= 0.6 is 0 Å². The number of halogens is 1. The van der Waals surface area contributed by atoms with Gasteiger partial charge in [-0.15, -0.1) is 0 Å². The second-order valence-corrected chi connectivity index (χ2v) is 12.4. The molecule has 33 heavy (non-hydrogen) atoms. The van der Waals surface area contributed by atoms with Gasteiger partial charge in [-0.2, -0.15) is 4.31 Å². The summed E-state index contributed by atoms with van der Waals surface area (Å²) in [5, 5.41) is 9.69. The van der Waals surface area contributed by atoms with Gasteiger partial charge in [0, 0.05) is 31.1 Å². The molecule has 182 valence electrons. The maximum absolute atomic E-state index is 14.4. The van der Waals surface area contributed by atoms with Crippen LogP contribution in [0.1, 0.15) is 13.8 Å². The minimum Gasteiger partial charge on any atom is -0.487 e. The molecular formula is C22H29FN2O6S2. The summed E-state index contributed by atoms with van der Waals surface area (Å²) >= 11 is 0. The highest BCUT2D eigenvalue weighted by molar-refractivity contribution is 7.89. The number of nitrogens with zero attached hydrogens (tertiary/aromatic N) is 2. The van der Waals surface area contributed by atoms with Crippen molar-refractivity contribution in [3.05, 3.63) is 48.3 Å². The van der Waals surface area contributed by atoms with Crippen molar-refractivity contribution in [3.8, 4) is 16.9 Å². The summed E-state index contributed by atoms with van der Waals surface area (Å²) in [5.41, 5.74) is 0.703. The number of benzene rings is 2. The van der Waals surface area contributed by atoms with Crippen LogP contribution in [0.15, 0.2) is 47.4 Å². The van der Waals surface area contributed by atoms with E-state index < -0.39 is 43.9 Å². The van der Waals surface area contributed by atoms with E-state index in [4.69, 9.17) is 4.74 Å². The van der Waals surface area contributed by atoms with Gasteiger partial charge < -0.3 is 9.84 Å². The number of ether oxygens (including phenoxy) is 1. The molecule has 1 N–H and O–H groups in total. The monoisotopic (exact) mass is 500 g/mol. The number of hydrogen-bond donors (Lipinski definition) is 1. The van der Waals surface area contributed by atoms with E-state index in [1.165, 1.54) is 35.6 Å². The molecule has 1 aliphatic heterocycles. The van der Waals surface area contributed by atoms with E-state index in [0.717, 1.165) is 10.6 Å². The van der Waals surface area contributed by atoms with Crippen molar-refractivity contribution in [2.24, 2.45) is 5.92 Å². The average molecular weight is 501 g/mol. The predicted octanol–water partition coefficient (Wildman–Crippen LogP) is 2.15. The fourth-order valence-electron chi connectivity index (χ4n) is 3.70. The van der Waals surface area contributed by atoms with Crippen LogP contribution in [0.3, 0.4) is 0 Å². The van der Waals surface area contributed by atoms with Gasteiger partial charge in [-0.1, -0.05) is 31.2 Å². The van der Waals surface area contributed by atoms with E-state index >= 15 is 0 Å². The van der Waals surface area contributed by atoms with Crippen molar-refractivity contribution in [2.75, 3.05) is 33.0 Å². The number of rotatable bonds is 6. The van der Waals surface area contributed by atoms with Gasteiger partial charge in [-0.3, -0.25) is 0 Å². The molecule has 8 nitrogen and oxygen atoms in total. The first-order valence-corrected chi connectivity index (χ1v) is 13.7. The lowest BCUT2D eigenvalue weighted by Gasteiger charge is -2.37. The van der Waals surface area contributed by atoms with Crippen molar-refractivity contribution < 1.29 is 31.1 Å². The summed E-state index contributed by atoms with van der Waals surface area (Å²) in [6, 6.07) is 9.72. The SMILES string of the molecule is C[C@@H]1CN([C@@H](C)CO)S(=O)(=O)c2ccc(-c3ccccc3F)cc2O[C@H]1CN(C)S(C)(=O)=O. The molecule has 2 aromatic rings. The topological polar surface area (TPSA) is 104 Å². The van der Waals surface area contributed by atoms with Crippen LogP contribution in [-0.4, -0.2) is 75.7 Å². The minimum absolute atomic E-state index is 0.00402. The Kier molecular flexibility index (Phi) is 7.49. The summed E-state index contributed by atoms with van der Waals surface area (Å²) in [5.74, 6) is -0.879. The average Bonchev–Trinajstić information content (AvgIpc) is 2.75. The maximum atomic E-state index is 14.4. The van der Waals surface area contributed by atoms with Gasteiger partial charge in [0.15, 0.2) is 0 Å². The Hall–Kier alpha value is -2.05. The molecule has 0 unspecified atom stereocenters. The first-order chi connectivity index (χ1) is 15.4. The lowest BCUT2D eigenvalue weighted by atomic mass is 10.0. The smallest absolute Gasteiger partial charge is 0.247 e. The lowest BCUT2D eigenvalue weighted by Crippen LogP contribution is -2.50. The molecule has 0 radical (unpaired) electrons. The quantitative estimate of drug-likeness (QED) is 0.652. The maximum Gasteiger partial charge on any atom is 0.247 e. The molecule has 0 saturated carbocycles. The molecule has 0 aliphatic carbocycles. The van der Waals surface area contributed by atoms with Crippen LogP contribution in [0.4, 0.5) is 4.39 Å². The number of aliphatic hydroxyl groups is 1. The van der Waals surface area contributed by atoms with Crippen LogP contribution in [0, 0.1) is 11.7 Å². The molecule has 3 atom stereocenters. The summed E-state index contributed by atoms with van der Waals surface area (Å²) < 4.78 is 73.8. The predicted molar refractivity (Wildman–Crippen MR) is 123 cm³/mol. The fourth-order valence-corrected chi connectivity index (χ4v) is 5.94. The standard InChI is InChI=1S/C22H29FN2O6S2/c1-15-12-25(16(2)14-26)33(29,30)22-10-9-17(18-7-5-6-8-19(18)23)11-20(22)31-21(15)13-24(3)32(4,27)28/h5-11,15-16,21,26H,12-14H2,1-4H3/t15-,16+,21+/m1/s1. The molecule has 0 fully saturated rings. The third-order valence-electron chi connectivity index (χ3n) is 5.86. The molecule has 0 aromatic heterocycles. The first-order valence-electron chi connectivity index (χ1n) is 10.5. The highest BCUT2D eigenvalue weighted by atomic mass is 32.2. The zero-order chi connectivity index (χ0) is 24.6. The molecule has 0 spiro atoms.